The van der Waals surface area contributed by atoms with E-state index in [1.54, 1.807) is 24.3 Å². The third-order valence-corrected chi connectivity index (χ3v) is 5.12. The average Bonchev–Trinajstić information content (AvgIpc) is 2.83. The molecule has 0 fully saturated rings. The van der Waals surface area contributed by atoms with Gasteiger partial charge in [-0.25, -0.2) is 0 Å². The van der Waals surface area contributed by atoms with Gasteiger partial charge in [0.1, 0.15) is 0 Å². The van der Waals surface area contributed by atoms with Gasteiger partial charge in [-0.15, -0.1) is 0 Å². The van der Waals surface area contributed by atoms with Crippen LogP contribution in [0.4, 0.5) is 11.4 Å². The van der Waals surface area contributed by atoms with Crippen molar-refractivity contribution in [2.24, 2.45) is 0 Å². The van der Waals surface area contributed by atoms with Crippen LogP contribution in [-0.2, 0) is 4.79 Å². The van der Waals surface area contributed by atoms with E-state index in [4.69, 9.17) is 21.1 Å². The quantitative estimate of drug-likeness (QED) is 0.194. The van der Waals surface area contributed by atoms with Crippen LogP contribution in [0, 0.1) is 28.4 Å². The second-order valence-corrected chi connectivity index (χ2v) is 7.57. The number of benzene rings is 3. The van der Waals surface area contributed by atoms with Crippen molar-refractivity contribution >= 4 is 40.5 Å². The molecule has 0 saturated heterocycles. The normalized spacial score (nSPS) is 10.8. The summed E-state index contributed by atoms with van der Waals surface area (Å²) < 4.78 is 11.0. The molecule has 0 spiro atoms. The second kappa shape index (κ2) is 11.0. The van der Waals surface area contributed by atoms with Crippen LogP contribution in [-0.4, -0.2) is 24.5 Å². The van der Waals surface area contributed by atoms with E-state index in [0.29, 0.717) is 16.8 Å². The smallest absolute Gasteiger partial charge is 0.269 e. The van der Waals surface area contributed by atoms with Gasteiger partial charge in [-0.2, -0.15) is 5.26 Å². The van der Waals surface area contributed by atoms with E-state index in [9.17, 15) is 20.2 Å². The molecule has 0 saturated carbocycles. The number of aryl methyl sites for hydroxylation is 1. The minimum atomic E-state index is -0.510. The van der Waals surface area contributed by atoms with E-state index in [0.717, 1.165) is 5.56 Å². The second-order valence-electron chi connectivity index (χ2n) is 7.16. The predicted molar refractivity (Wildman–Crippen MR) is 130 cm³/mol. The standard InChI is InChI=1S/C25H20ClN3O5/c1-16-5-3-4-6-22(16)28-24(30)15-34-25-21(26)12-17(13-23(25)33-2)11-19(14-27)18-7-9-20(10-8-18)29(31)32/h3-13H,15H2,1-2H3,(H,28,30)/b19-11+. The Morgan fingerprint density at radius 3 is 2.53 bits per heavy atom. The van der Waals surface area contributed by atoms with E-state index in [2.05, 4.69) is 11.4 Å². The number of carbonyl (C=O) groups is 1. The number of nitro benzene ring substituents is 1. The molecule has 0 aliphatic carbocycles. The van der Waals surface area contributed by atoms with Crippen LogP contribution in [0.5, 0.6) is 11.5 Å². The Bertz CT molecular complexity index is 1300. The summed E-state index contributed by atoms with van der Waals surface area (Å²) in [5, 5.41) is 23.4. The van der Waals surface area contributed by atoms with Crippen molar-refractivity contribution in [3.63, 3.8) is 0 Å². The molecule has 0 unspecified atom stereocenters. The molecule has 0 radical (unpaired) electrons. The number of amides is 1. The number of rotatable bonds is 8. The van der Waals surface area contributed by atoms with E-state index < -0.39 is 4.92 Å². The molecular formula is C25H20ClN3O5. The molecule has 1 amide bonds. The monoisotopic (exact) mass is 477 g/mol. The maximum Gasteiger partial charge on any atom is 0.269 e. The van der Waals surface area contributed by atoms with E-state index in [-0.39, 0.29) is 40.3 Å². The van der Waals surface area contributed by atoms with Gasteiger partial charge in [0.15, 0.2) is 18.1 Å². The molecule has 0 heterocycles. The number of hydrogen-bond acceptors (Lipinski definition) is 6. The molecule has 1 N–H and O–H groups in total. The first kappa shape index (κ1) is 24.3. The minimum absolute atomic E-state index is 0.0706. The summed E-state index contributed by atoms with van der Waals surface area (Å²) in [6.45, 7) is 1.60. The lowest BCUT2D eigenvalue weighted by Gasteiger charge is -2.14. The first-order chi connectivity index (χ1) is 16.3. The molecule has 3 aromatic carbocycles. The van der Waals surface area contributed by atoms with Gasteiger partial charge in [-0.3, -0.25) is 14.9 Å². The van der Waals surface area contributed by atoms with Crippen LogP contribution in [0.25, 0.3) is 11.6 Å². The fraction of sp³-hybridized carbons (Fsp3) is 0.120. The zero-order valence-electron chi connectivity index (χ0n) is 18.4. The Hall–Kier alpha value is -4.35. The number of non-ortho nitro benzene ring substituents is 1. The maximum atomic E-state index is 12.3. The van der Waals surface area contributed by atoms with Gasteiger partial charge < -0.3 is 14.8 Å². The Kier molecular flexibility index (Phi) is 7.85. The summed E-state index contributed by atoms with van der Waals surface area (Å²) in [4.78, 5) is 22.7. The highest BCUT2D eigenvalue weighted by Crippen LogP contribution is 2.37. The third kappa shape index (κ3) is 5.91. The van der Waals surface area contributed by atoms with Gasteiger partial charge >= 0.3 is 0 Å². The topological polar surface area (TPSA) is 114 Å². The summed E-state index contributed by atoms with van der Waals surface area (Å²) in [5.41, 5.74) is 2.87. The van der Waals surface area contributed by atoms with Gasteiger partial charge in [0.25, 0.3) is 11.6 Å². The number of anilines is 1. The molecule has 0 aromatic heterocycles. The molecule has 3 rings (SSSR count). The zero-order chi connectivity index (χ0) is 24.7. The van der Waals surface area contributed by atoms with Gasteiger partial charge in [0.2, 0.25) is 0 Å². The molecule has 3 aromatic rings. The highest BCUT2D eigenvalue weighted by Gasteiger charge is 2.15. The molecule has 0 aliphatic rings. The highest BCUT2D eigenvalue weighted by molar-refractivity contribution is 6.32. The molecule has 0 bridgehead atoms. The highest BCUT2D eigenvalue weighted by atomic mass is 35.5. The lowest BCUT2D eigenvalue weighted by atomic mass is 10.0. The summed E-state index contributed by atoms with van der Waals surface area (Å²) in [7, 11) is 1.43. The molecule has 9 heteroatoms. The van der Waals surface area contributed by atoms with Crippen LogP contribution in [0.1, 0.15) is 16.7 Å². The van der Waals surface area contributed by atoms with Crippen LogP contribution < -0.4 is 14.8 Å². The Morgan fingerprint density at radius 1 is 1.21 bits per heavy atom. The van der Waals surface area contributed by atoms with Crippen molar-refractivity contribution in [3.8, 4) is 17.6 Å². The molecule has 34 heavy (non-hydrogen) atoms. The van der Waals surface area contributed by atoms with E-state index in [1.165, 1.54) is 31.4 Å². The lowest BCUT2D eigenvalue weighted by Crippen LogP contribution is -2.21. The molecule has 8 nitrogen and oxygen atoms in total. The predicted octanol–water partition coefficient (Wildman–Crippen LogP) is 5.65. The van der Waals surface area contributed by atoms with E-state index >= 15 is 0 Å². The van der Waals surface area contributed by atoms with Crippen molar-refractivity contribution in [2.45, 2.75) is 6.92 Å². The van der Waals surface area contributed by atoms with Crippen LogP contribution >= 0.6 is 11.6 Å². The van der Waals surface area contributed by atoms with Gasteiger partial charge in [-0.05, 0) is 60.0 Å². The van der Waals surface area contributed by atoms with Crippen LogP contribution in [0.15, 0.2) is 60.7 Å². The average molecular weight is 478 g/mol. The number of nitrogens with one attached hydrogen (secondary N) is 1. The van der Waals surface area contributed by atoms with E-state index in [1.807, 2.05) is 25.1 Å². The number of carbonyl (C=O) groups excluding carboxylic acids is 1. The lowest BCUT2D eigenvalue weighted by molar-refractivity contribution is -0.384. The van der Waals surface area contributed by atoms with Crippen LogP contribution in [0.2, 0.25) is 5.02 Å². The summed E-state index contributed by atoms with van der Waals surface area (Å²) in [5.74, 6) is 0.111. The minimum Gasteiger partial charge on any atom is -0.493 e. The first-order valence-electron chi connectivity index (χ1n) is 10.0. The Balaban J connectivity index is 1.79. The van der Waals surface area contributed by atoms with Crippen molar-refractivity contribution in [3.05, 3.63) is 92.5 Å². The zero-order valence-corrected chi connectivity index (χ0v) is 19.1. The molecule has 0 aliphatic heterocycles. The maximum absolute atomic E-state index is 12.3. The number of methoxy groups -OCH3 is 1. The van der Waals surface area contributed by atoms with Crippen molar-refractivity contribution < 1.29 is 19.2 Å². The number of allylic oxidation sites excluding steroid dienone is 1. The number of para-hydroxylation sites is 1. The number of ether oxygens (including phenoxy) is 2. The Labute approximate surface area is 201 Å². The third-order valence-electron chi connectivity index (χ3n) is 4.84. The number of nitrogens with zero attached hydrogens (tertiary/aromatic N) is 2. The molecule has 172 valence electrons. The number of hydrogen-bond donors (Lipinski definition) is 1. The Morgan fingerprint density at radius 2 is 1.91 bits per heavy atom. The number of nitro groups is 1. The van der Waals surface area contributed by atoms with Crippen molar-refractivity contribution in [1.29, 1.82) is 5.26 Å². The summed E-state index contributed by atoms with van der Waals surface area (Å²) in [6.07, 6.45) is 1.57. The first-order valence-corrected chi connectivity index (χ1v) is 10.4. The van der Waals surface area contributed by atoms with Crippen molar-refractivity contribution in [1.82, 2.24) is 0 Å². The van der Waals surface area contributed by atoms with Crippen molar-refractivity contribution in [2.75, 3.05) is 19.0 Å². The largest absolute Gasteiger partial charge is 0.493 e. The van der Waals surface area contributed by atoms with Gasteiger partial charge in [0, 0.05) is 17.8 Å². The number of nitriles is 1. The fourth-order valence-corrected chi connectivity index (χ4v) is 3.38. The number of halogens is 1. The SMILES string of the molecule is COc1cc(/C=C(\C#N)c2ccc([N+](=O)[O-])cc2)cc(Cl)c1OCC(=O)Nc1ccccc1C. The molecule has 0 atom stereocenters. The fourth-order valence-electron chi connectivity index (χ4n) is 3.11. The van der Waals surface area contributed by atoms with Gasteiger partial charge in [0.05, 0.1) is 28.7 Å². The van der Waals surface area contributed by atoms with Crippen LogP contribution in [0.3, 0.4) is 0 Å². The summed E-state index contributed by atoms with van der Waals surface area (Å²) >= 11 is 6.39. The van der Waals surface area contributed by atoms with Gasteiger partial charge in [-0.1, -0.05) is 29.8 Å². The summed E-state index contributed by atoms with van der Waals surface area (Å²) in [6, 6.07) is 18.3. The molecular weight excluding hydrogens is 458 g/mol.